The highest BCUT2D eigenvalue weighted by molar-refractivity contribution is 5.85. The van der Waals surface area contributed by atoms with Gasteiger partial charge in [0.05, 0.1) is 7.11 Å². The Hall–Kier alpha value is -1.69. The molecule has 0 aliphatic heterocycles. The molecule has 0 amide bonds. The summed E-state index contributed by atoms with van der Waals surface area (Å²) in [6.07, 6.45) is 3.44. The molecule has 0 aliphatic rings. The molecule has 0 aromatic carbocycles. The second kappa shape index (κ2) is 6.73. The van der Waals surface area contributed by atoms with Crippen molar-refractivity contribution in [2.75, 3.05) is 25.5 Å². The summed E-state index contributed by atoms with van der Waals surface area (Å²) in [5.41, 5.74) is 5.38. The van der Waals surface area contributed by atoms with Gasteiger partial charge in [-0.05, 0) is 25.5 Å². The first kappa shape index (κ1) is 12.4. The van der Waals surface area contributed by atoms with Crippen molar-refractivity contribution in [3.8, 4) is 0 Å². The average Bonchev–Trinajstić information content (AvgIpc) is 2.34. The highest BCUT2D eigenvalue weighted by Crippen LogP contribution is 2.03. The van der Waals surface area contributed by atoms with Crippen LogP contribution in [0.25, 0.3) is 0 Å². The average molecular weight is 224 g/mol. The van der Waals surface area contributed by atoms with Crippen LogP contribution in [0, 0.1) is 0 Å². The third-order valence-electron chi connectivity index (χ3n) is 1.96. The van der Waals surface area contributed by atoms with E-state index in [0.29, 0.717) is 12.4 Å². The van der Waals surface area contributed by atoms with Crippen LogP contribution in [0.4, 0.5) is 5.82 Å². The first-order valence-corrected chi connectivity index (χ1v) is 5.13. The van der Waals surface area contributed by atoms with Crippen LogP contribution in [0.2, 0.25) is 0 Å². The highest BCUT2D eigenvalue weighted by atomic mass is 16.5. The number of hydrogen-bond donors (Lipinski definition) is 2. The maximum atomic E-state index is 11.2. The number of nitrogens with one attached hydrogen (secondary N) is 1. The zero-order valence-electron chi connectivity index (χ0n) is 9.27. The highest BCUT2D eigenvalue weighted by Gasteiger charge is 2.08. The van der Waals surface area contributed by atoms with Gasteiger partial charge in [-0.1, -0.05) is 0 Å². The minimum atomic E-state index is -0.536. The molecule has 0 bridgehead atoms. The monoisotopic (exact) mass is 224 g/mol. The molecule has 88 valence electrons. The van der Waals surface area contributed by atoms with Crippen molar-refractivity contribution >= 4 is 11.8 Å². The summed E-state index contributed by atoms with van der Waals surface area (Å²) in [6, 6.07) is 1.70. The summed E-state index contributed by atoms with van der Waals surface area (Å²) in [7, 11) is 1.30. The van der Waals surface area contributed by atoms with Gasteiger partial charge in [0.25, 0.3) is 0 Å². The number of nitrogens with zero attached hydrogens (tertiary/aromatic N) is 2. The quantitative estimate of drug-likeness (QED) is 0.537. The van der Waals surface area contributed by atoms with E-state index in [2.05, 4.69) is 20.0 Å². The molecule has 0 atom stereocenters. The molecule has 1 rings (SSSR count). The van der Waals surface area contributed by atoms with Crippen LogP contribution in [0.1, 0.15) is 23.5 Å². The Kier molecular flexibility index (Phi) is 5.21. The minimum absolute atomic E-state index is 0.0614. The number of anilines is 1. The maximum absolute atomic E-state index is 11.2. The molecular weight excluding hydrogens is 208 g/mol. The Labute approximate surface area is 94.2 Å². The number of methoxy groups -OCH3 is 1. The predicted molar refractivity (Wildman–Crippen MR) is 60.1 cm³/mol. The van der Waals surface area contributed by atoms with Gasteiger partial charge < -0.3 is 15.8 Å². The van der Waals surface area contributed by atoms with Gasteiger partial charge >= 0.3 is 5.97 Å². The molecule has 0 radical (unpaired) electrons. The van der Waals surface area contributed by atoms with Crippen molar-refractivity contribution in [1.29, 1.82) is 0 Å². The Bertz CT molecular complexity index is 343. The van der Waals surface area contributed by atoms with Crippen LogP contribution < -0.4 is 11.1 Å². The fourth-order valence-corrected chi connectivity index (χ4v) is 1.13. The molecular formula is C10H16N4O2. The third kappa shape index (κ3) is 3.82. The van der Waals surface area contributed by atoms with Crippen molar-refractivity contribution in [2.45, 2.75) is 12.8 Å². The summed E-state index contributed by atoms with van der Waals surface area (Å²) >= 11 is 0. The number of carbonyl (C=O) groups excluding carboxylic acids is 1. The number of rotatable bonds is 6. The van der Waals surface area contributed by atoms with Crippen LogP contribution >= 0.6 is 0 Å². The van der Waals surface area contributed by atoms with Crippen LogP contribution in [0.15, 0.2) is 12.3 Å². The molecule has 0 fully saturated rings. The fourth-order valence-electron chi connectivity index (χ4n) is 1.13. The van der Waals surface area contributed by atoms with Gasteiger partial charge in [-0.15, -0.1) is 0 Å². The van der Waals surface area contributed by atoms with Crippen LogP contribution in [-0.4, -0.2) is 36.1 Å². The molecule has 0 saturated carbocycles. The number of hydrogen-bond acceptors (Lipinski definition) is 6. The van der Waals surface area contributed by atoms with E-state index in [9.17, 15) is 4.79 Å². The standard InChI is InChI=1S/C10H16N4O2/c1-16-10(15)9-13-7-4-8(14-9)12-6-3-2-5-11/h4,7H,2-3,5-6,11H2,1H3,(H,12,13,14). The summed E-state index contributed by atoms with van der Waals surface area (Å²) in [5.74, 6) is 0.143. The molecule has 0 saturated heterocycles. The van der Waals surface area contributed by atoms with E-state index < -0.39 is 5.97 Å². The van der Waals surface area contributed by atoms with Crippen molar-refractivity contribution in [2.24, 2.45) is 5.73 Å². The molecule has 6 nitrogen and oxygen atoms in total. The molecule has 1 aromatic rings. The Morgan fingerprint density at radius 1 is 1.56 bits per heavy atom. The van der Waals surface area contributed by atoms with Gasteiger partial charge in [0.1, 0.15) is 5.82 Å². The molecule has 0 spiro atoms. The molecule has 0 unspecified atom stereocenters. The molecule has 3 N–H and O–H groups in total. The predicted octanol–water partition coefficient (Wildman–Crippen LogP) is 0.414. The minimum Gasteiger partial charge on any atom is -0.463 e. The van der Waals surface area contributed by atoms with Crippen molar-refractivity contribution in [1.82, 2.24) is 9.97 Å². The van der Waals surface area contributed by atoms with Crippen LogP contribution in [0.3, 0.4) is 0 Å². The zero-order valence-corrected chi connectivity index (χ0v) is 9.27. The molecule has 6 heteroatoms. The van der Waals surface area contributed by atoms with Gasteiger partial charge in [-0.2, -0.15) is 0 Å². The summed E-state index contributed by atoms with van der Waals surface area (Å²) in [6.45, 7) is 1.45. The fraction of sp³-hybridized carbons (Fsp3) is 0.500. The molecule has 1 aromatic heterocycles. The van der Waals surface area contributed by atoms with E-state index in [1.807, 2.05) is 0 Å². The van der Waals surface area contributed by atoms with Gasteiger partial charge in [0.15, 0.2) is 0 Å². The number of esters is 1. The SMILES string of the molecule is COC(=O)c1nccc(NCCCCN)n1. The van der Waals surface area contributed by atoms with E-state index in [1.165, 1.54) is 13.3 Å². The zero-order chi connectivity index (χ0) is 11.8. The lowest BCUT2D eigenvalue weighted by Gasteiger charge is -2.05. The van der Waals surface area contributed by atoms with Gasteiger partial charge in [0, 0.05) is 12.7 Å². The van der Waals surface area contributed by atoms with Crippen molar-refractivity contribution in [3.05, 3.63) is 18.1 Å². The maximum Gasteiger partial charge on any atom is 0.376 e. The largest absolute Gasteiger partial charge is 0.463 e. The molecule has 16 heavy (non-hydrogen) atoms. The van der Waals surface area contributed by atoms with Gasteiger partial charge in [-0.25, -0.2) is 14.8 Å². The van der Waals surface area contributed by atoms with E-state index in [1.54, 1.807) is 6.07 Å². The smallest absolute Gasteiger partial charge is 0.376 e. The summed E-state index contributed by atoms with van der Waals surface area (Å²) in [4.78, 5) is 19.0. The van der Waals surface area contributed by atoms with Crippen molar-refractivity contribution in [3.63, 3.8) is 0 Å². The van der Waals surface area contributed by atoms with E-state index in [0.717, 1.165) is 19.4 Å². The van der Waals surface area contributed by atoms with Crippen LogP contribution in [0.5, 0.6) is 0 Å². The lowest BCUT2D eigenvalue weighted by atomic mass is 10.3. The number of aromatic nitrogens is 2. The molecule has 1 heterocycles. The van der Waals surface area contributed by atoms with E-state index in [4.69, 9.17) is 5.73 Å². The number of ether oxygens (including phenoxy) is 1. The molecule has 0 aliphatic carbocycles. The first-order valence-electron chi connectivity index (χ1n) is 5.13. The summed E-state index contributed by atoms with van der Waals surface area (Å²) in [5, 5.41) is 3.08. The lowest BCUT2D eigenvalue weighted by Crippen LogP contribution is -2.11. The summed E-state index contributed by atoms with van der Waals surface area (Å²) < 4.78 is 4.53. The second-order valence-corrected chi connectivity index (χ2v) is 3.18. The van der Waals surface area contributed by atoms with E-state index >= 15 is 0 Å². The second-order valence-electron chi connectivity index (χ2n) is 3.18. The third-order valence-corrected chi connectivity index (χ3v) is 1.96. The number of unbranched alkanes of at least 4 members (excludes halogenated alkanes) is 1. The van der Waals surface area contributed by atoms with E-state index in [-0.39, 0.29) is 5.82 Å². The Morgan fingerprint density at radius 3 is 3.06 bits per heavy atom. The Morgan fingerprint density at radius 2 is 2.38 bits per heavy atom. The first-order chi connectivity index (χ1) is 7.77. The Balaban J connectivity index is 2.50. The van der Waals surface area contributed by atoms with Gasteiger partial charge in [0.2, 0.25) is 5.82 Å². The normalized spacial score (nSPS) is 9.88. The van der Waals surface area contributed by atoms with Crippen molar-refractivity contribution < 1.29 is 9.53 Å². The van der Waals surface area contributed by atoms with Crippen LogP contribution in [-0.2, 0) is 4.74 Å². The lowest BCUT2D eigenvalue weighted by molar-refractivity contribution is 0.0587. The number of nitrogens with two attached hydrogens (primary N) is 1. The van der Waals surface area contributed by atoms with Gasteiger partial charge in [-0.3, -0.25) is 0 Å². The number of carbonyl (C=O) groups is 1. The topological polar surface area (TPSA) is 90.1 Å².